The number of aliphatic carboxylic acids is 1. The second-order valence-electron chi connectivity index (χ2n) is 5.14. The fraction of sp³-hybridized carbons (Fsp3) is 0.833. The Labute approximate surface area is 102 Å². The third-order valence-corrected chi connectivity index (χ3v) is 2.88. The summed E-state index contributed by atoms with van der Waals surface area (Å²) in [5.74, 6) is -0.599. The van der Waals surface area contributed by atoms with Crippen LogP contribution in [0.25, 0.3) is 0 Å². The molecule has 1 amide bonds. The zero-order valence-corrected chi connectivity index (χ0v) is 10.6. The van der Waals surface area contributed by atoms with E-state index in [-0.39, 0.29) is 24.9 Å². The van der Waals surface area contributed by atoms with Crippen molar-refractivity contribution in [2.75, 3.05) is 6.54 Å². The topological polar surface area (TPSA) is 83.6 Å². The van der Waals surface area contributed by atoms with Crippen molar-refractivity contribution in [3.05, 3.63) is 0 Å². The number of rotatable bonds is 7. The second-order valence-corrected chi connectivity index (χ2v) is 5.14. The molecule has 5 nitrogen and oxygen atoms in total. The SMILES string of the molecule is CC(C)CC(N)C(=O)N(CCC(=O)O)C1CC1. The first-order valence-corrected chi connectivity index (χ1v) is 6.19. The van der Waals surface area contributed by atoms with Gasteiger partial charge in [0, 0.05) is 12.6 Å². The van der Waals surface area contributed by atoms with E-state index in [1.807, 2.05) is 13.8 Å². The van der Waals surface area contributed by atoms with Gasteiger partial charge in [0.2, 0.25) is 5.91 Å². The normalized spacial score (nSPS) is 16.9. The Bertz CT molecular complexity index is 287. The Morgan fingerprint density at radius 1 is 1.41 bits per heavy atom. The number of carbonyl (C=O) groups is 2. The molecule has 1 atom stereocenters. The van der Waals surface area contributed by atoms with E-state index in [1.54, 1.807) is 4.90 Å². The summed E-state index contributed by atoms with van der Waals surface area (Å²) in [4.78, 5) is 24.3. The molecule has 17 heavy (non-hydrogen) atoms. The Balaban J connectivity index is 2.51. The molecule has 0 saturated heterocycles. The predicted molar refractivity (Wildman–Crippen MR) is 64.4 cm³/mol. The van der Waals surface area contributed by atoms with Crippen molar-refractivity contribution < 1.29 is 14.7 Å². The molecular weight excluding hydrogens is 220 g/mol. The maximum Gasteiger partial charge on any atom is 0.305 e. The molecule has 98 valence electrons. The van der Waals surface area contributed by atoms with Crippen LogP contribution in [0.1, 0.15) is 39.5 Å². The zero-order chi connectivity index (χ0) is 13.0. The number of carboxylic acid groups (broad SMARTS) is 1. The summed E-state index contributed by atoms with van der Waals surface area (Å²) < 4.78 is 0. The van der Waals surface area contributed by atoms with Gasteiger partial charge < -0.3 is 15.7 Å². The van der Waals surface area contributed by atoms with Crippen LogP contribution >= 0.6 is 0 Å². The molecule has 1 saturated carbocycles. The molecular formula is C12H22N2O3. The van der Waals surface area contributed by atoms with Gasteiger partial charge in [0.15, 0.2) is 0 Å². The Kier molecular flexibility index (Phi) is 4.93. The number of hydrogen-bond donors (Lipinski definition) is 2. The van der Waals surface area contributed by atoms with Gasteiger partial charge in [-0.2, -0.15) is 0 Å². The fourth-order valence-electron chi connectivity index (χ4n) is 1.90. The first-order valence-electron chi connectivity index (χ1n) is 6.19. The first kappa shape index (κ1) is 14.0. The van der Waals surface area contributed by atoms with Gasteiger partial charge in [-0.15, -0.1) is 0 Å². The van der Waals surface area contributed by atoms with Gasteiger partial charge >= 0.3 is 5.97 Å². The molecule has 0 aromatic heterocycles. The third-order valence-electron chi connectivity index (χ3n) is 2.88. The summed E-state index contributed by atoms with van der Waals surface area (Å²) in [6.07, 6.45) is 2.59. The van der Waals surface area contributed by atoms with Gasteiger partial charge in [0.05, 0.1) is 12.5 Å². The van der Waals surface area contributed by atoms with Crippen molar-refractivity contribution in [3.63, 3.8) is 0 Å². The Morgan fingerprint density at radius 3 is 2.41 bits per heavy atom. The molecule has 1 rings (SSSR count). The van der Waals surface area contributed by atoms with Crippen LogP contribution in [0.2, 0.25) is 0 Å². The van der Waals surface area contributed by atoms with E-state index in [1.165, 1.54) is 0 Å². The van der Waals surface area contributed by atoms with Crippen LogP contribution in [0.15, 0.2) is 0 Å². The van der Waals surface area contributed by atoms with Crippen LogP contribution in [0.3, 0.4) is 0 Å². The first-order chi connectivity index (χ1) is 7.91. The van der Waals surface area contributed by atoms with Gasteiger partial charge in [0.1, 0.15) is 0 Å². The van der Waals surface area contributed by atoms with E-state index >= 15 is 0 Å². The summed E-state index contributed by atoms with van der Waals surface area (Å²) >= 11 is 0. The number of nitrogens with zero attached hydrogens (tertiary/aromatic N) is 1. The largest absolute Gasteiger partial charge is 0.481 e. The van der Waals surface area contributed by atoms with E-state index in [0.29, 0.717) is 12.3 Å². The lowest BCUT2D eigenvalue weighted by Crippen LogP contribution is -2.46. The van der Waals surface area contributed by atoms with Gasteiger partial charge in [-0.1, -0.05) is 13.8 Å². The number of hydrogen-bond acceptors (Lipinski definition) is 3. The van der Waals surface area contributed by atoms with E-state index in [4.69, 9.17) is 10.8 Å². The number of amides is 1. The minimum Gasteiger partial charge on any atom is -0.481 e. The maximum atomic E-state index is 12.1. The van der Waals surface area contributed by atoms with Crippen LogP contribution in [0.5, 0.6) is 0 Å². The molecule has 0 radical (unpaired) electrons. The molecule has 0 spiro atoms. The lowest BCUT2D eigenvalue weighted by Gasteiger charge is -2.25. The minimum atomic E-state index is -0.874. The molecule has 1 aliphatic carbocycles. The predicted octanol–water partition coefficient (Wildman–Crippen LogP) is 0.826. The van der Waals surface area contributed by atoms with Crippen molar-refractivity contribution >= 4 is 11.9 Å². The van der Waals surface area contributed by atoms with Gasteiger partial charge in [0.25, 0.3) is 0 Å². The monoisotopic (exact) mass is 242 g/mol. The summed E-state index contributed by atoms with van der Waals surface area (Å²) in [6, 6.07) is -0.274. The van der Waals surface area contributed by atoms with E-state index in [2.05, 4.69) is 0 Å². The van der Waals surface area contributed by atoms with Crippen LogP contribution in [0, 0.1) is 5.92 Å². The van der Waals surface area contributed by atoms with Crippen molar-refractivity contribution in [2.24, 2.45) is 11.7 Å². The van der Waals surface area contributed by atoms with E-state index in [0.717, 1.165) is 12.8 Å². The van der Waals surface area contributed by atoms with Crippen LogP contribution in [-0.4, -0.2) is 40.5 Å². The standard InChI is InChI=1S/C12H22N2O3/c1-8(2)7-10(13)12(17)14(9-3-4-9)6-5-11(15)16/h8-10H,3-7,13H2,1-2H3,(H,15,16). The average molecular weight is 242 g/mol. The Morgan fingerprint density at radius 2 is 2.00 bits per heavy atom. The fourth-order valence-corrected chi connectivity index (χ4v) is 1.90. The maximum absolute atomic E-state index is 12.1. The highest BCUT2D eigenvalue weighted by Crippen LogP contribution is 2.27. The molecule has 0 heterocycles. The average Bonchev–Trinajstić information content (AvgIpc) is 3.00. The molecule has 0 aromatic rings. The van der Waals surface area contributed by atoms with Crippen molar-refractivity contribution in [1.29, 1.82) is 0 Å². The zero-order valence-electron chi connectivity index (χ0n) is 10.6. The summed E-state index contributed by atoms with van der Waals surface area (Å²) in [5, 5.41) is 8.66. The van der Waals surface area contributed by atoms with Crippen molar-refractivity contribution in [1.82, 2.24) is 4.90 Å². The van der Waals surface area contributed by atoms with Crippen LogP contribution in [0.4, 0.5) is 0 Å². The molecule has 5 heteroatoms. The van der Waals surface area contributed by atoms with Gasteiger partial charge in [-0.25, -0.2) is 0 Å². The summed E-state index contributed by atoms with van der Waals surface area (Å²) in [7, 11) is 0. The molecule has 1 fully saturated rings. The number of carbonyl (C=O) groups excluding carboxylic acids is 1. The molecule has 1 unspecified atom stereocenters. The van der Waals surface area contributed by atoms with Crippen LogP contribution < -0.4 is 5.73 Å². The van der Waals surface area contributed by atoms with E-state index < -0.39 is 12.0 Å². The lowest BCUT2D eigenvalue weighted by molar-refractivity contribution is -0.139. The smallest absolute Gasteiger partial charge is 0.305 e. The molecule has 0 aliphatic heterocycles. The summed E-state index contributed by atoms with van der Waals surface area (Å²) in [5.41, 5.74) is 5.85. The third kappa shape index (κ3) is 4.73. The summed E-state index contributed by atoms with van der Waals surface area (Å²) in [6.45, 7) is 4.32. The molecule has 0 bridgehead atoms. The second kappa shape index (κ2) is 6.00. The van der Waals surface area contributed by atoms with Gasteiger partial charge in [-0.3, -0.25) is 9.59 Å². The quantitative estimate of drug-likeness (QED) is 0.692. The molecule has 0 aromatic carbocycles. The van der Waals surface area contributed by atoms with Crippen molar-refractivity contribution in [3.8, 4) is 0 Å². The van der Waals surface area contributed by atoms with Crippen molar-refractivity contribution in [2.45, 2.75) is 51.6 Å². The number of carboxylic acids is 1. The molecule has 1 aliphatic rings. The highest BCUT2D eigenvalue weighted by atomic mass is 16.4. The van der Waals surface area contributed by atoms with Gasteiger partial charge in [-0.05, 0) is 25.2 Å². The Hall–Kier alpha value is -1.10. The van der Waals surface area contributed by atoms with E-state index in [9.17, 15) is 9.59 Å². The lowest BCUT2D eigenvalue weighted by atomic mass is 10.0. The molecule has 3 N–H and O–H groups in total. The minimum absolute atomic E-state index is 0.00333. The number of nitrogens with two attached hydrogens (primary N) is 1. The highest BCUT2D eigenvalue weighted by Gasteiger charge is 2.34. The highest BCUT2D eigenvalue weighted by molar-refractivity contribution is 5.82. The van der Waals surface area contributed by atoms with Crippen LogP contribution in [-0.2, 0) is 9.59 Å².